The molecule has 1 saturated carbocycles. The van der Waals surface area contributed by atoms with E-state index in [1.54, 1.807) is 11.2 Å². The Morgan fingerprint density at radius 1 is 1.30 bits per heavy atom. The van der Waals surface area contributed by atoms with Gasteiger partial charge in [-0.1, -0.05) is 13.8 Å². The van der Waals surface area contributed by atoms with Crippen molar-refractivity contribution >= 4 is 17.5 Å². The van der Waals surface area contributed by atoms with Gasteiger partial charge in [-0.25, -0.2) is 9.97 Å². The first-order valence-electron chi connectivity index (χ1n) is 8.52. The number of hydrogen-bond acceptors (Lipinski definition) is 5. The Kier molecular flexibility index (Phi) is 4.41. The second kappa shape index (κ2) is 6.34. The molecule has 2 aliphatic rings. The summed E-state index contributed by atoms with van der Waals surface area (Å²) in [6.45, 7) is 7.49. The van der Waals surface area contributed by atoms with E-state index < -0.39 is 0 Å². The van der Waals surface area contributed by atoms with Gasteiger partial charge in [-0.05, 0) is 30.6 Å². The molecule has 0 unspecified atom stereocenters. The van der Waals surface area contributed by atoms with Crippen molar-refractivity contribution in [1.29, 1.82) is 0 Å². The Hall–Kier alpha value is -1.85. The van der Waals surface area contributed by atoms with Crippen molar-refractivity contribution in [1.82, 2.24) is 14.9 Å². The van der Waals surface area contributed by atoms with E-state index in [9.17, 15) is 4.79 Å². The lowest BCUT2D eigenvalue weighted by molar-refractivity contribution is -0.129. The summed E-state index contributed by atoms with van der Waals surface area (Å²) in [7, 11) is 1.84. The maximum absolute atomic E-state index is 11.9. The van der Waals surface area contributed by atoms with Crippen LogP contribution < -0.4 is 10.2 Å². The van der Waals surface area contributed by atoms with Crippen LogP contribution in [0.4, 0.5) is 11.6 Å². The van der Waals surface area contributed by atoms with Crippen LogP contribution in [0.1, 0.15) is 33.1 Å². The van der Waals surface area contributed by atoms with Crippen LogP contribution in [-0.4, -0.2) is 54.0 Å². The van der Waals surface area contributed by atoms with E-state index in [1.165, 1.54) is 19.3 Å². The summed E-state index contributed by atoms with van der Waals surface area (Å²) in [5, 5.41) is 3.48. The highest BCUT2D eigenvalue weighted by Gasteiger charge is 2.42. The number of anilines is 2. The molecule has 2 heterocycles. The molecule has 6 nitrogen and oxygen atoms in total. The van der Waals surface area contributed by atoms with Crippen LogP contribution >= 0.6 is 0 Å². The van der Waals surface area contributed by atoms with Gasteiger partial charge in [-0.3, -0.25) is 4.79 Å². The van der Waals surface area contributed by atoms with Gasteiger partial charge in [0, 0.05) is 32.7 Å². The van der Waals surface area contributed by atoms with E-state index in [4.69, 9.17) is 0 Å². The molecule has 0 atom stereocenters. The third kappa shape index (κ3) is 3.92. The molecule has 1 N–H and O–H groups in total. The fourth-order valence-corrected chi connectivity index (χ4v) is 3.34. The molecule has 0 bridgehead atoms. The summed E-state index contributed by atoms with van der Waals surface area (Å²) in [5.74, 6) is 2.56. The third-order valence-electron chi connectivity index (χ3n) is 4.88. The minimum atomic E-state index is 0.137. The van der Waals surface area contributed by atoms with Crippen molar-refractivity contribution in [3.8, 4) is 0 Å². The van der Waals surface area contributed by atoms with E-state index in [2.05, 4.69) is 29.1 Å². The van der Waals surface area contributed by atoms with Crippen LogP contribution in [0.3, 0.4) is 0 Å². The number of aromatic nitrogens is 2. The summed E-state index contributed by atoms with van der Waals surface area (Å²) >= 11 is 0. The largest absolute Gasteiger partial charge is 0.369 e. The zero-order valence-corrected chi connectivity index (χ0v) is 14.4. The van der Waals surface area contributed by atoms with Crippen molar-refractivity contribution in [2.45, 2.75) is 33.1 Å². The Morgan fingerprint density at radius 2 is 2.09 bits per heavy atom. The average molecular weight is 317 g/mol. The third-order valence-corrected chi connectivity index (χ3v) is 4.88. The number of nitrogens with zero attached hydrogens (tertiary/aromatic N) is 4. The lowest BCUT2D eigenvalue weighted by Crippen LogP contribution is -2.48. The van der Waals surface area contributed by atoms with Crippen molar-refractivity contribution in [3.05, 3.63) is 12.4 Å². The Balaban J connectivity index is 1.61. The molecule has 1 aromatic heterocycles. The van der Waals surface area contributed by atoms with Gasteiger partial charge in [0.25, 0.3) is 0 Å². The van der Waals surface area contributed by atoms with E-state index in [0.717, 1.165) is 37.2 Å². The molecule has 1 aliphatic carbocycles. The molecular weight excluding hydrogens is 290 g/mol. The van der Waals surface area contributed by atoms with Crippen molar-refractivity contribution in [2.24, 2.45) is 11.3 Å². The Labute approximate surface area is 138 Å². The normalized spacial score (nSPS) is 20.1. The standard InChI is InChI=1S/C17H27N5O/c1-13(2)9-17(4-5-17)11-18-14-8-15(20-12-19-14)22-7-6-21(3)16(23)10-22/h8,12-13H,4-7,9-11H2,1-3H3,(H,18,19,20). The van der Waals surface area contributed by atoms with Gasteiger partial charge in [0.1, 0.15) is 18.0 Å². The van der Waals surface area contributed by atoms with E-state index in [-0.39, 0.29) is 5.91 Å². The second-order valence-electron chi connectivity index (χ2n) is 7.45. The average Bonchev–Trinajstić information content (AvgIpc) is 3.27. The SMILES string of the molecule is CC(C)CC1(CNc2cc(N3CCN(C)C(=O)C3)ncn2)CC1. The molecule has 1 amide bonds. The van der Waals surface area contributed by atoms with Crippen LogP contribution in [0.15, 0.2) is 12.4 Å². The van der Waals surface area contributed by atoms with Crippen molar-refractivity contribution < 1.29 is 4.79 Å². The predicted molar refractivity (Wildman–Crippen MR) is 91.5 cm³/mol. The summed E-state index contributed by atoms with van der Waals surface area (Å²) in [6.07, 6.45) is 5.47. The molecule has 1 aliphatic heterocycles. The summed E-state index contributed by atoms with van der Waals surface area (Å²) in [5.41, 5.74) is 0.461. The molecule has 0 aromatic carbocycles. The van der Waals surface area contributed by atoms with Gasteiger partial charge in [0.05, 0.1) is 6.54 Å². The summed E-state index contributed by atoms with van der Waals surface area (Å²) in [6, 6.07) is 1.96. The predicted octanol–water partition coefficient (Wildman–Crippen LogP) is 1.99. The Bertz CT molecular complexity index is 570. The first-order chi connectivity index (χ1) is 11.0. The monoisotopic (exact) mass is 317 g/mol. The number of amides is 1. The molecule has 1 aromatic rings. The number of hydrogen-bond donors (Lipinski definition) is 1. The van der Waals surface area contributed by atoms with Crippen LogP contribution in [0.25, 0.3) is 0 Å². The number of carbonyl (C=O) groups excluding carboxylic acids is 1. The number of piperazine rings is 1. The summed E-state index contributed by atoms with van der Waals surface area (Å²) in [4.78, 5) is 24.3. The lowest BCUT2D eigenvalue weighted by Gasteiger charge is -2.32. The van der Waals surface area contributed by atoms with Gasteiger partial charge >= 0.3 is 0 Å². The number of carbonyl (C=O) groups is 1. The molecule has 1 saturated heterocycles. The zero-order valence-electron chi connectivity index (χ0n) is 14.4. The molecule has 6 heteroatoms. The van der Waals surface area contributed by atoms with Crippen LogP contribution in [-0.2, 0) is 4.79 Å². The van der Waals surface area contributed by atoms with Crippen molar-refractivity contribution in [3.63, 3.8) is 0 Å². The fourth-order valence-electron chi connectivity index (χ4n) is 3.34. The number of nitrogens with one attached hydrogen (secondary N) is 1. The van der Waals surface area contributed by atoms with Gasteiger partial charge in [0.15, 0.2) is 0 Å². The topological polar surface area (TPSA) is 61.4 Å². The molecule has 126 valence electrons. The van der Waals surface area contributed by atoms with E-state index >= 15 is 0 Å². The van der Waals surface area contributed by atoms with E-state index in [0.29, 0.717) is 12.0 Å². The van der Waals surface area contributed by atoms with Gasteiger partial charge in [-0.15, -0.1) is 0 Å². The fraction of sp³-hybridized carbons (Fsp3) is 0.706. The minimum absolute atomic E-state index is 0.137. The smallest absolute Gasteiger partial charge is 0.241 e. The van der Waals surface area contributed by atoms with Gasteiger partial charge in [0.2, 0.25) is 5.91 Å². The lowest BCUT2D eigenvalue weighted by atomic mass is 9.94. The molecule has 3 rings (SSSR count). The van der Waals surface area contributed by atoms with Gasteiger partial charge in [-0.2, -0.15) is 0 Å². The van der Waals surface area contributed by atoms with Crippen LogP contribution in [0.2, 0.25) is 0 Å². The highest BCUT2D eigenvalue weighted by molar-refractivity contribution is 5.82. The van der Waals surface area contributed by atoms with Crippen molar-refractivity contribution in [2.75, 3.05) is 43.4 Å². The van der Waals surface area contributed by atoms with Gasteiger partial charge < -0.3 is 15.1 Å². The minimum Gasteiger partial charge on any atom is -0.369 e. The first kappa shape index (κ1) is 16.0. The zero-order chi connectivity index (χ0) is 16.4. The maximum Gasteiger partial charge on any atom is 0.241 e. The van der Waals surface area contributed by atoms with Crippen LogP contribution in [0, 0.1) is 11.3 Å². The molecular formula is C17H27N5O. The summed E-state index contributed by atoms with van der Waals surface area (Å²) < 4.78 is 0. The number of likely N-dealkylation sites (N-methyl/N-ethyl adjacent to an activating group) is 1. The highest BCUT2D eigenvalue weighted by atomic mass is 16.2. The van der Waals surface area contributed by atoms with Crippen LogP contribution in [0.5, 0.6) is 0 Å². The Morgan fingerprint density at radius 3 is 2.74 bits per heavy atom. The second-order valence-corrected chi connectivity index (χ2v) is 7.45. The van der Waals surface area contributed by atoms with E-state index in [1.807, 2.05) is 18.0 Å². The maximum atomic E-state index is 11.9. The quantitative estimate of drug-likeness (QED) is 0.869. The molecule has 0 radical (unpaired) electrons. The highest BCUT2D eigenvalue weighted by Crippen LogP contribution is 2.50. The molecule has 2 fully saturated rings. The number of rotatable bonds is 6. The molecule has 0 spiro atoms. The molecule has 23 heavy (non-hydrogen) atoms. The first-order valence-corrected chi connectivity index (χ1v) is 8.52.